The minimum absolute atomic E-state index is 0.211. The van der Waals surface area contributed by atoms with Gasteiger partial charge in [-0.25, -0.2) is 9.37 Å². The average molecular weight is 383 g/mol. The molecule has 2 N–H and O–H groups in total. The van der Waals surface area contributed by atoms with Gasteiger partial charge in [-0.3, -0.25) is 0 Å². The van der Waals surface area contributed by atoms with Crippen molar-refractivity contribution in [2.75, 3.05) is 33.3 Å². The molecule has 3 aromatic rings. The predicted octanol–water partition coefficient (Wildman–Crippen LogP) is 0.973. The number of aromatic nitrogens is 1. The number of hydrogen-bond donors (Lipinski definition) is 2. The fraction of sp³-hybridized carbons (Fsp3) is 0.318. The molecule has 2 heterocycles. The van der Waals surface area contributed by atoms with Crippen molar-refractivity contribution in [1.29, 1.82) is 0 Å². The van der Waals surface area contributed by atoms with Crippen LogP contribution in [0.5, 0.6) is 5.75 Å². The van der Waals surface area contributed by atoms with Crippen molar-refractivity contribution in [3.05, 3.63) is 72.0 Å². The third-order valence-corrected chi connectivity index (χ3v) is 5.36. The van der Waals surface area contributed by atoms with E-state index in [0.29, 0.717) is 0 Å². The molecule has 1 aliphatic heterocycles. The topological polar surface area (TPSA) is 44.1 Å². The Kier molecular flexibility index (Phi) is 5.69. The molecule has 0 unspecified atom stereocenters. The van der Waals surface area contributed by atoms with Gasteiger partial charge < -0.3 is 19.0 Å². The monoisotopic (exact) mass is 383 g/mol. The quantitative estimate of drug-likeness (QED) is 0.667. The van der Waals surface area contributed by atoms with Crippen LogP contribution in [0.15, 0.2) is 59.1 Å². The van der Waals surface area contributed by atoms with Gasteiger partial charge in [0.2, 0.25) is 0 Å². The molecule has 146 valence electrons. The molecular formula is C22H26FN3O2+2. The molecule has 1 fully saturated rings. The van der Waals surface area contributed by atoms with E-state index in [4.69, 9.17) is 9.15 Å². The molecule has 0 spiro atoms. The molecule has 0 atom stereocenters. The third-order valence-electron chi connectivity index (χ3n) is 5.36. The zero-order chi connectivity index (χ0) is 19.3. The lowest BCUT2D eigenvalue weighted by atomic mass is 10.1. The Labute approximate surface area is 164 Å². The van der Waals surface area contributed by atoms with Crippen molar-refractivity contribution >= 4 is 0 Å². The van der Waals surface area contributed by atoms with Crippen molar-refractivity contribution in [1.82, 2.24) is 4.98 Å². The number of halogens is 1. The highest BCUT2D eigenvalue weighted by Gasteiger charge is 2.25. The summed E-state index contributed by atoms with van der Waals surface area (Å²) in [5.41, 5.74) is 1.98. The van der Waals surface area contributed by atoms with Crippen LogP contribution >= 0.6 is 0 Å². The van der Waals surface area contributed by atoms with Gasteiger partial charge in [0.05, 0.1) is 18.9 Å². The van der Waals surface area contributed by atoms with E-state index in [2.05, 4.69) is 4.98 Å². The highest BCUT2D eigenvalue weighted by atomic mass is 19.1. The normalized spacial score (nSPS) is 19.5. The van der Waals surface area contributed by atoms with Crippen LogP contribution in [0.25, 0.3) is 11.3 Å². The second kappa shape index (κ2) is 8.54. The summed E-state index contributed by atoms with van der Waals surface area (Å²) in [4.78, 5) is 7.37. The number of nitrogens with one attached hydrogen (secondary N) is 2. The van der Waals surface area contributed by atoms with Crippen molar-refractivity contribution in [3.63, 3.8) is 0 Å². The second-order valence-electron chi connectivity index (χ2n) is 7.29. The molecule has 1 aliphatic rings. The summed E-state index contributed by atoms with van der Waals surface area (Å²) < 4.78 is 24.9. The molecule has 28 heavy (non-hydrogen) atoms. The van der Waals surface area contributed by atoms with Crippen molar-refractivity contribution in [2.45, 2.75) is 13.1 Å². The first-order chi connectivity index (χ1) is 13.7. The molecule has 1 aromatic heterocycles. The Hall–Kier alpha value is -2.70. The molecule has 1 saturated heterocycles. The lowest BCUT2D eigenvalue weighted by Gasteiger charge is -2.29. The highest BCUT2D eigenvalue weighted by Crippen LogP contribution is 2.19. The van der Waals surface area contributed by atoms with Crippen LogP contribution < -0.4 is 14.5 Å². The Balaban J connectivity index is 1.31. The number of quaternary nitrogens is 2. The van der Waals surface area contributed by atoms with Crippen LogP contribution in [0.4, 0.5) is 4.39 Å². The molecule has 0 saturated carbocycles. The predicted molar refractivity (Wildman–Crippen MR) is 104 cm³/mol. The first-order valence-electron chi connectivity index (χ1n) is 9.71. The Morgan fingerprint density at radius 3 is 2.43 bits per heavy atom. The maximum Gasteiger partial charge on any atom is 0.250 e. The lowest BCUT2D eigenvalue weighted by molar-refractivity contribution is -1.02. The first-order valence-corrected chi connectivity index (χ1v) is 9.71. The zero-order valence-corrected chi connectivity index (χ0v) is 16.1. The molecule has 2 aromatic carbocycles. The molecule has 6 heteroatoms. The van der Waals surface area contributed by atoms with Crippen LogP contribution in [-0.4, -0.2) is 38.3 Å². The van der Waals surface area contributed by atoms with E-state index >= 15 is 0 Å². The van der Waals surface area contributed by atoms with E-state index in [9.17, 15) is 4.39 Å². The fourth-order valence-electron chi connectivity index (χ4n) is 3.81. The number of methoxy groups -OCH3 is 1. The van der Waals surface area contributed by atoms with E-state index in [1.165, 1.54) is 15.9 Å². The van der Waals surface area contributed by atoms with Crippen LogP contribution in [0.3, 0.4) is 0 Å². The Morgan fingerprint density at radius 2 is 1.71 bits per heavy atom. The van der Waals surface area contributed by atoms with Gasteiger partial charge in [-0.15, -0.1) is 0 Å². The van der Waals surface area contributed by atoms with Crippen LogP contribution in [-0.2, 0) is 13.1 Å². The van der Waals surface area contributed by atoms with Crippen molar-refractivity contribution < 1.29 is 23.3 Å². The van der Waals surface area contributed by atoms with E-state index in [1.807, 2.05) is 36.5 Å². The van der Waals surface area contributed by atoms with Gasteiger partial charge in [-0.05, 0) is 18.2 Å². The number of rotatable bonds is 6. The number of ether oxygens (including phenoxy) is 1. The maximum absolute atomic E-state index is 13.6. The molecule has 5 nitrogen and oxygen atoms in total. The summed E-state index contributed by atoms with van der Waals surface area (Å²) in [5, 5.41) is 0. The number of nitrogens with zero attached hydrogens (tertiary/aromatic N) is 1. The number of benzene rings is 2. The van der Waals surface area contributed by atoms with Gasteiger partial charge in [-0.1, -0.05) is 30.3 Å². The average Bonchev–Trinajstić information content (AvgIpc) is 3.19. The molecule has 4 rings (SSSR count). The highest BCUT2D eigenvalue weighted by molar-refractivity contribution is 5.55. The summed E-state index contributed by atoms with van der Waals surface area (Å²) >= 11 is 0. The Bertz CT molecular complexity index is 905. The summed E-state index contributed by atoms with van der Waals surface area (Å²) in [7, 11) is 1.63. The maximum atomic E-state index is 13.6. The molecule has 0 amide bonds. The summed E-state index contributed by atoms with van der Waals surface area (Å²) in [6.45, 7) is 5.71. The standard InChI is InChI=1S/C22H24FN3O2/c1-27-20-8-7-19(23)13-18(20)15-25-9-11-26(12-10-25)16-22-24-14-21(28-22)17-5-3-2-4-6-17/h2-8,13-14H,9-12,15-16H2,1H3/p+2. The number of hydrogen-bond acceptors (Lipinski definition) is 3. The van der Waals surface area contributed by atoms with Crippen molar-refractivity contribution in [2.24, 2.45) is 0 Å². The van der Waals surface area contributed by atoms with Crippen LogP contribution in [0, 0.1) is 5.82 Å². The smallest absolute Gasteiger partial charge is 0.250 e. The minimum atomic E-state index is -0.211. The zero-order valence-electron chi connectivity index (χ0n) is 16.1. The second-order valence-corrected chi connectivity index (χ2v) is 7.29. The SMILES string of the molecule is COc1ccc(F)cc1C[NH+]1CC[NH+](Cc2ncc(-c3ccccc3)o2)CC1. The molecular weight excluding hydrogens is 357 g/mol. The van der Waals surface area contributed by atoms with Crippen LogP contribution in [0.2, 0.25) is 0 Å². The van der Waals surface area contributed by atoms with Gasteiger partial charge in [0.1, 0.15) is 44.3 Å². The van der Waals surface area contributed by atoms with Gasteiger partial charge in [0, 0.05) is 5.56 Å². The molecule has 0 aliphatic carbocycles. The van der Waals surface area contributed by atoms with Gasteiger partial charge in [-0.2, -0.15) is 0 Å². The lowest BCUT2D eigenvalue weighted by Crippen LogP contribution is -3.27. The largest absolute Gasteiger partial charge is 0.496 e. The van der Waals surface area contributed by atoms with E-state index in [-0.39, 0.29) is 5.82 Å². The summed E-state index contributed by atoms with van der Waals surface area (Å²) in [6.07, 6.45) is 1.81. The van der Waals surface area contributed by atoms with Gasteiger partial charge in [0.25, 0.3) is 5.89 Å². The Morgan fingerprint density at radius 1 is 1.00 bits per heavy atom. The summed E-state index contributed by atoms with van der Waals surface area (Å²) in [6, 6.07) is 14.8. The van der Waals surface area contributed by atoms with E-state index in [0.717, 1.165) is 67.8 Å². The fourth-order valence-corrected chi connectivity index (χ4v) is 3.81. The van der Waals surface area contributed by atoms with Crippen molar-refractivity contribution in [3.8, 4) is 17.1 Å². The molecule has 0 radical (unpaired) electrons. The summed E-state index contributed by atoms with van der Waals surface area (Å²) in [5.74, 6) is 2.15. The first kappa shape index (κ1) is 18.7. The number of piperazine rings is 1. The van der Waals surface area contributed by atoms with E-state index in [1.54, 1.807) is 19.2 Å². The third kappa shape index (κ3) is 4.40. The molecule has 0 bridgehead atoms. The van der Waals surface area contributed by atoms with Gasteiger partial charge >= 0.3 is 0 Å². The van der Waals surface area contributed by atoms with Gasteiger partial charge in [0.15, 0.2) is 12.3 Å². The van der Waals surface area contributed by atoms with E-state index < -0.39 is 0 Å². The minimum Gasteiger partial charge on any atom is -0.496 e. The van der Waals surface area contributed by atoms with Crippen LogP contribution in [0.1, 0.15) is 11.5 Å². The number of oxazole rings is 1.